The molecule has 22 heavy (non-hydrogen) atoms. The van der Waals surface area contributed by atoms with E-state index in [4.69, 9.17) is 0 Å². The second-order valence-electron chi connectivity index (χ2n) is 5.88. The maximum atomic E-state index is 13.1. The van der Waals surface area contributed by atoms with Gasteiger partial charge in [0.1, 0.15) is 17.7 Å². The largest absolute Gasteiger partial charge is 0.342 e. The topological polar surface area (TPSA) is 46.9 Å². The van der Waals surface area contributed by atoms with E-state index in [1.807, 2.05) is 17.8 Å². The lowest BCUT2D eigenvalue weighted by Gasteiger charge is -2.19. The molecular formula is C17H22FN3O. The summed E-state index contributed by atoms with van der Waals surface area (Å²) in [6.07, 6.45) is 4.82. The molecule has 0 saturated heterocycles. The van der Waals surface area contributed by atoms with Crippen molar-refractivity contribution in [3.8, 4) is 0 Å². The normalized spacial score (nSPS) is 12.4. The van der Waals surface area contributed by atoms with Crippen LogP contribution in [-0.2, 0) is 11.8 Å². The minimum absolute atomic E-state index is 0.0222. The maximum absolute atomic E-state index is 13.1. The summed E-state index contributed by atoms with van der Waals surface area (Å²) in [7, 11) is 1.87. The van der Waals surface area contributed by atoms with Crippen LogP contribution in [0.2, 0.25) is 0 Å². The van der Waals surface area contributed by atoms with Crippen LogP contribution in [0, 0.1) is 11.7 Å². The molecule has 1 aromatic heterocycles. The van der Waals surface area contributed by atoms with Gasteiger partial charge in [0.2, 0.25) is 5.91 Å². The summed E-state index contributed by atoms with van der Waals surface area (Å²) in [5.74, 6) is 0.882. The second kappa shape index (κ2) is 7.20. The van der Waals surface area contributed by atoms with Crippen LogP contribution in [0.25, 0.3) is 0 Å². The van der Waals surface area contributed by atoms with Crippen molar-refractivity contribution < 1.29 is 9.18 Å². The SMILES string of the molecule is CC(C)CCC(=O)NC(c1ccc(F)cc1)c1nccn1C. The summed E-state index contributed by atoms with van der Waals surface area (Å²) in [5, 5.41) is 3.01. The van der Waals surface area contributed by atoms with E-state index in [-0.39, 0.29) is 17.8 Å². The Kier molecular flexibility index (Phi) is 5.31. The molecule has 1 atom stereocenters. The first-order chi connectivity index (χ1) is 10.5. The molecule has 0 aliphatic heterocycles. The lowest BCUT2D eigenvalue weighted by molar-refractivity contribution is -0.121. The molecule has 0 fully saturated rings. The molecule has 4 nitrogen and oxygen atoms in total. The zero-order valence-electron chi connectivity index (χ0n) is 13.2. The molecule has 1 unspecified atom stereocenters. The van der Waals surface area contributed by atoms with E-state index >= 15 is 0 Å². The van der Waals surface area contributed by atoms with Gasteiger partial charge in [0, 0.05) is 25.9 Å². The number of benzene rings is 1. The van der Waals surface area contributed by atoms with Gasteiger partial charge < -0.3 is 9.88 Å². The maximum Gasteiger partial charge on any atom is 0.220 e. The number of hydrogen-bond donors (Lipinski definition) is 1. The van der Waals surface area contributed by atoms with Gasteiger partial charge in [-0.2, -0.15) is 0 Å². The van der Waals surface area contributed by atoms with Crippen molar-refractivity contribution in [1.82, 2.24) is 14.9 Å². The van der Waals surface area contributed by atoms with E-state index in [1.54, 1.807) is 18.3 Å². The third-order valence-electron chi connectivity index (χ3n) is 3.57. The molecule has 0 bridgehead atoms. The fraction of sp³-hybridized carbons (Fsp3) is 0.412. The van der Waals surface area contributed by atoms with Gasteiger partial charge in [-0.3, -0.25) is 4.79 Å². The number of halogens is 1. The van der Waals surface area contributed by atoms with Crippen LogP contribution in [0.5, 0.6) is 0 Å². The summed E-state index contributed by atoms with van der Waals surface area (Å²) in [6.45, 7) is 4.17. The molecule has 0 saturated carbocycles. The van der Waals surface area contributed by atoms with Gasteiger partial charge in [0.05, 0.1) is 0 Å². The Bertz CT molecular complexity index is 619. The summed E-state index contributed by atoms with van der Waals surface area (Å²) in [6, 6.07) is 5.77. The lowest BCUT2D eigenvalue weighted by atomic mass is 10.0. The molecule has 0 aliphatic rings. The van der Waals surface area contributed by atoms with E-state index < -0.39 is 0 Å². The molecule has 5 heteroatoms. The van der Waals surface area contributed by atoms with Crippen LogP contribution >= 0.6 is 0 Å². The monoisotopic (exact) mass is 303 g/mol. The molecule has 1 N–H and O–H groups in total. The average Bonchev–Trinajstić information content (AvgIpc) is 2.90. The van der Waals surface area contributed by atoms with E-state index in [0.29, 0.717) is 12.3 Å². The fourth-order valence-electron chi connectivity index (χ4n) is 2.26. The zero-order chi connectivity index (χ0) is 16.1. The number of nitrogens with one attached hydrogen (secondary N) is 1. The van der Waals surface area contributed by atoms with E-state index in [0.717, 1.165) is 17.8 Å². The number of rotatable bonds is 6. The Labute approximate surface area is 130 Å². The zero-order valence-corrected chi connectivity index (χ0v) is 13.2. The average molecular weight is 303 g/mol. The highest BCUT2D eigenvalue weighted by Gasteiger charge is 2.20. The van der Waals surface area contributed by atoms with Crippen LogP contribution in [0.1, 0.15) is 44.1 Å². The number of hydrogen-bond acceptors (Lipinski definition) is 2. The number of carbonyl (C=O) groups excluding carboxylic acids is 1. The van der Waals surface area contributed by atoms with Crippen molar-refractivity contribution >= 4 is 5.91 Å². The first-order valence-corrected chi connectivity index (χ1v) is 7.49. The Morgan fingerprint density at radius 1 is 1.32 bits per heavy atom. The molecule has 1 heterocycles. The summed E-state index contributed by atoms with van der Waals surface area (Å²) >= 11 is 0. The molecule has 0 spiro atoms. The molecule has 1 aromatic carbocycles. The van der Waals surface area contributed by atoms with Crippen molar-refractivity contribution in [3.63, 3.8) is 0 Å². The number of aryl methyl sites for hydroxylation is 1. The molecule has 118 valence electrons. The summed E-state index contributed by atoms with van der Waals surface area (Å²) in [4.78, 5) is 16.5. The molecule has 1 amide bonds. The molecule has 2 aromatic rings. The van der Waals surface area contributed by atoms with Gasteiger partial charge in [-0.1, -0.05) is 26.0 Å². The van der Waals surface area contributed by atoms with Crippen molar-refractivity contribution in [1.29, 1.82) is 0 Å². The molecular weight excluding hydrogens is 281 g/mol. The quantitative estimate of drug-likeness (QED) is 0.891. The van der Waals surface area contributed by atoms with Crippen LogP contribution < -0.4 is 5.32 Å². The van der Waals surface area contributed by atoms with Gasteiger partial charge in [0.25, 0.3) is 0 Å². The first kappa shape index (κ1) is 16.2. The van der Waals surface area contributed by atoms with Crippen molar-refractivity contribution in [2.24, 2.45) is 13.0 Å². The summed E-state index contributed by atoms with van der Waals surface area (Å²) in [5.41, 5.74) is 0.814. The second-order valence-corrected chi connectivity index (χ2v) is 5.88. The minimum atomic E-state index is -0.375. The Morgan fingerprint density at radius 2 is 2.00 bits per heavy atom. The predicted octanol–water partition coefficient (Wildman–Crippen LogP) is 3.20. The van der Waals surface area contributed by atoms with Crippen LogP contribution in [-0.4, -0.2) is 15.5 Å². The Balaban J connectivity index is 2.21. The van der Waals surface area contributed by atoms with E-state index in [9.17, 15) is 9.18 Å². The highest BCUT2D eigenvalue weighted by Crippen LogP contribution is 2.21. The van der Waals surface area contributed by atoms with Crippen LogP contribution in [0.3, 0.4) is 0 Å². The van der Waals surface area contributed by atoms with E-state index in [1.165, 1.54) is 12.1 Å². The smallest absolute Gasteiger partial charge is 0.220 e. The number of carbonyl (C=O) groups is 1. The third-order valence-corrected chi connectivity index (χ3v) is 3.57. The van der Waals surface area contributed by atoms with Gasteiger partial charge in [-0.05, 0) is 30.0 Å². The minimum Gasteiger partial charge on any atom is -0.342 e. The van der Waals surface area contributed by atoms with E-state index in [2.05, 4.69) is 24.1 Å². The van der Waals surface area contributed by atoms with Crippen LogP contribution in [0.15, 0.2) is 36.7 Å². The number of aromatic nitrogens is 2. The molecule has 2 rings (SSSR count). The van der Waals surface area contributed by atoms with Crippen molar-refractivity contribution in [2.45, 2.75) is 32.7 Å². The standard InChI is InChI=1S/C17H22FN3O/c1-12(2)4-9-15(22)20-16(17-19-10-11-21(17)3)13-5-7-14(18)8-6-13/h5-8,10-12,16H,4,9H2,1-3H3,(H,20,22). The lowest BCUT2D eigenvalue weighted by Crippen LogP contribution is -2.31. The van der Waals surface area contributed by atoms with Crippen molar-refractivity contribution in [3.05, 3.63) is 53.9 Å². The molecule has 0 radical (unpaired) electrons. The van der Waals surface area contributed by atoms with Gasteiger partial charge in [-0.15, -0.1) is 0 Å². The highest BCUT2D eigenvalue weighted by molar-refractivity contribution is 5.76. The first-order valence-electron chi connectivity index (χ1n) is 7.49. The third kappa shape index (κ3) is 4.16. The van der Waals surface area contributed by atoms with Gasteiger partial charge in [-0.25, -0.2) is 9.37 Å². The van der Waals surface area contributed by atoms with Crippen LogP contribution in [0.4, 0.5) is 4.39 Å². The predicted molar refractivity (Wildman–Crippen MR) is 83.7 cm³/mol. The van der Waals surface area contributed by atoms with Gasteiger partial charge in [0.15, 0.2) is 0 Å². The number of nitrogens with zero attached hydrogens (tertiary/aromatic N) is 2. The Morgan fingerprint density at radius 3 is 2.55 bits per heavy atom. The Hall–Kier alpha value is -2.17. The summed E-state index contributed by atoms with van der Waals surface area (Å²) < 4.78 is 15.0. The number of imidazole rings is 1. The van der Waals surface area contributed by atoms with Crippen molar-refractivity contribution in [2.75, 3.05) is 0 Å². The fourth-order valence-corrected chi connectivity index (χ4v) is 2.26. The molecule has 0 aliphatic carbocycles. The number of amides is 1. The highest BCUT2D eigenvalue weighted by atomic mass is 19.1. The van der Waals surface area contributed by atoms with Gasteiger partial charge >= 0.3 is 0 Å².